The van der Waals surface area contributed by atoms with Crippen molar-refractivity contribution in [2.75, 3.05) is 34.5 Å². The Hall–Kier alpha value is -2.29. The van der Waals surface area contributed by atoms with Crippen molar-refractivity contribution >= 4 is 17.5 Å². The molecule has 3 heterocycles. The van der Waals surface area contributed by atoms with Crippen LogP contribution in [0.3, 0.4) is 0 Å². The monoisotopic (exact) mass is 804 g/mol. The van der Waals surface area contributed by atoms with Gasteiger partial charge >= 0.3 is 0 Å². The van der Waals surface area contributed by atoms with E-state index in [1.54, 1.807) is 34.3 Å². The highest BCUT2D eigenvalue weighted by atomic mass is 16.7. The number of allylic oxidation sites excluding steroid dienone is 4. The Kier molecular flexibility index (Phi) is 18.1. The van der Waals surface area contributed by atoms with Crippen LogP contribution in [0.15, 0.2) is 36.0 Å². The Bertz CT molecular complexity index is 1410. The lowest BCUT2D eigenvalue weighted by Crippen LogP contribution is -2.62. The molecule has 0 unspecified atom stereocenters. The molecule has 2 saturated heterocycles. The molecule has 3 aliphatic heterocycles. The van der Waals surface area contributed by atoms with Gasteiger partial charge in [-0.2, -0.15) is 0 Å². The molecule has 3 fully saturated rings. The smallest absolute Gasteiger partial charge is 0.296 e. The summed E-state index contributed by atoms with van der Waals surface area (Å²) in [7, 11) is 4.81. The maximum atomic E-state index is 14.2. The predicted octanol–water partition coefficient (Wildman–Crippen LogP) is 5.50. The van der Waals surface area contributed by atoms with E-state index in [-0.39, 0.29) is 42.9 Å². The van der Waals surface area contributed by atoms with Crippen molar-refractivity contribution in [1.82, 2.24) is 4.90 Å². The van der Waals surface area contributed by atoms with Crippen LogP contribution < -0.4 is 0 Å². The van der Waals surface area contributed by atoms with Crippen LogP contribution in [0, 0.1) is 29.6 Å². The third kappa shape index (κ3) is 12.2. The number of aliphatic hydroxyl groups excluding tert-OH is 2. The number of fused-ring (bicyclic) bond motifs is 3. The SMILES string of the molecule is C=CC[C@@H]1C=C(C)C[C@H](C)C[C@H](OC)C[C@H]2O[C@@](O)(C(=O)C(=O)N3CCCC[C@H]3CO[C@H](/C(C)=C/[C@@H]3CC[C@@H](O)[C@H](OC)C3)[C@H](C)[C@@H](O)CC1=O)[C@H](C)C[C@@H]2OC. The quantitative estimate of drug-likeness (QED) is 0.220. The number of aliphatic hydroxyl groups is 3. The molecule has 1 amide bonds. The van der Waals surface area contributed by atoms with Gasteiger partial charge in [0.1, 0.15) is 5.78 Å². The van der Waals surface area contributed by atoms with Crippen molar-refractivity contribution in [3.8, 4) is 0 Å². The summed E-state index contributed by atoms with van der Waals surface area (Å²) in [6, 6.07) is -0.466. The number of rotatable bonds is 7. The molecule has 0 aromatic carbocycles. The molecule has 4 rings (SSSR count). The van der Waals surface area contributed by atoms with Crippen molar-refractivity contribution in [3.63, 3.8) is 0 Å². The fraction of sp³-hybridized carbons (Fsp3) is 0.800. The second kappa shape index (κ2) is 21.8. The molecule has 0 radical (unpaired) electrons. The Morgan fingerprint density at radius 2 is 1.67 bits per heavy atom. The van der Waals surface area contributed by atoms with E-state index in [1.165, 1.54) is 4.90 Å². The highest BCUT2D eigenvalue weighted by molar-refractivity contribution is 6.38. The van der Waals surface area contributed by atoms with Gasteiger partial charge in [0.25, 0.3) is 11.7 Å². The minimum absolute atomic E-state index is 0.0688. The van der Waals surface area contributed by atoms with E-state index in [0.717, 1.165) is 24.0 Å². The molecule has 0 aromatic heterocycles. The number of methoxy groups -OCH3 is 3. The minimum Gasteiger partial charge on any atom is -0.392 e. The average molecular weight is 804 g/mol. The molecule has 0 aromatic rings. The zero-order chi connectivity index (χ0) is 42.0. The van der Waals surface area contributed by atoms with Gasteiger partial charge in [-0.25, -0.2) is 0 Å². The number of Topliss-reactive ketones (excluding diaryl/α,β-unsaturated/α-hetero) is 2. The van der Waals surface area contributed by atoms with Crippen LogP contribution in [0.4, 0.5) is 0 Å². The molecule has 3 N–H and O–H groups in total. The van der Waals surface area contributed by atoms with Crippen LogP contribution in [-0.2, 0) is 38.1 Å². The highest BCUT2D eigenvalue weighted by Crippen LogP contribution is 2.38. The van der Waals surface area contributed by atoms with Gasteiger partial charge in [0.05, 0.1) is 55.4 Å². The van der Waals surface area contributed by atoms with Crippen molar-refractivity contribution < 1.29 is 53.4 Å². The van der Waals surface area contributed by atoms with Gasteiger partial charge in [-0.1, -0.05) is 44.6 Å². The van der Waals surface area contributed by atoms with E-state index in [1.807, 2.05) is 26.8 Å². The average Bonchev–Trinajstić information content (AvgIpc) is 3.18. The maximum Gasteiger partial charge on any atom is 0.296 e. The fourth-order valence-corrected chi connectivity index (χ4v) is 9.72. The van der Waals surface area contributed by atoms with Crippen LogP contribution in [0.2, 0.25) is 0 Å². The maximum absolute atomic E-state index is 14.2. The van der Waals surface area contributed by atoms with Crippen LogP contribution >= 0.6 is 0 Å². The summed E-state index contributed by atoms with van der Waals surface area (Å²) in [4.78, 5) is 43.8. The third-order valence-electron chi connectivity index (χ3n) is 13.2. The van der Waals surface area contributed by atoms with Gasteiger partial charge in [-0.05, 0) is 95.5 Å². The summed E-state index contributed by atoms with van der Waals surface area (Å²) in [6.45, 7) is 14.0. The first-order chi connectivity index (χ1) is 27.1. The Balaban J connectivity index is 1.72. The van der Waals surface area contributed by atoms with Crippen LogP contribution in [0.5, 0.6) is 0 Å². The number of amides is 1. The van der Waals surface area contributed by atoms with E-state index < -0.39 is 71.8 Å². The third-order valence-corrected chi connectivity index (χ3v) is 13.2. The summed E-state index contributed by atoms with van der Waals surface area (Å²) >= 11 is 0. The number of piperidine rings is 1. The van der Waals surface area contributed by atoms with Gasteiger partial charge < -0.3 is 43.9 Å². The lowest BCUT2D eigenvalue weighted by molar-refractivity contribution is -0.289. The topological polar surface area (TPSA) is 161 Å². The zero-order valence-corrected chi connectivity index (χ0v) is 35.9. The van der Waals surface area contributed by atoms with Gasteiger partial charge in [0.15, 0.2) is 0 Å². The summed E-state index contributed by atoms with van der Waals surface area (Å²) in [5.41, 5.74) is 1.92. The van der Waals surface area contributed by atoms with E-state index in [9.17, 15) is 29.7 Å². The van der Waals surface area contributed by atoms with Crippen molar-refractivity contribution in [2.24, 2.45) is 29.6 Å². The fourth-order valence-electron chi connectivity index (χ4n) is 9.72. The first-order valence-electron chi connectivity index (χ1n) is 21.4. The molecule has 12 nitrogen and oxygen atoms in total. The molecule has 14 atom stereocenters. The number of carbonyl (C=O) groups is 3. The van der Waals surface area contributed by atoms with Crippen molar-refractivity contribution in [3.05, 3.63) is 36.0 Å². The van der Waals surface area contributed by atoms with Crippen molar-refractivity contribution in [1.29, 1.82) is 0 Å². The second-order valence-corrected chi connectivity index (χ2v) is 17.7. The van der Waals surface area contributed by atoms with E-state index in [2.05, 4.69) is 19.6 Å². The van der Waals surface area contributed by atoms with Gasteiger partial charge in [0.2, 0.25) is 5.79 Å². The molecule has 324 valence electrons. The number of ether oxygens (including phenoxy) is 5. The van der Waals surface area contributed by atoms with E-state index in [4.69, 9.17) is 23.7 Å². The summed E-state index contributed by atoms with van der Waals surface area (Å²) in [6.07, 6.45) is 8.49. The molecule has 1 aliphatic carbocycles. The lowest BCUT2D eigenvalue weighted by atomic mass is 9.81. The molecule has 1 saturated carbocycles. The molecular formula is C45H73NO11. The summed E-state index contributed by atoms with van der Waals surface area (Å²) < 4.78 is 30.3. The number of nitrogens with zero attached hydrogens (tertiary/aromatic N) is 1. The lowest BCUT2D eigenvalue weighted by Gasteiger charge is -2.45. The van der Waals surface area contributed by atoms with E-state index >= 15 is 0 Å². The normalized spacial score (nSPS) is 40.4. The van der Waals surface area contributed by atoms with Crippen LogP contribution in [0.25, 0.3) is 0 Å². The Labute approximate surface area is 341 Å². The first-order valence-corrected chi connectivity index (χ1v) is 21.4. The number of hydrogen-bond donors (Lipinski definition) is 3. The Morgan fingerprint density at radius 1 is 0.947 bits per heavy atom. The molecule has 12 heteroatoms. The molecule has 2 bridgehead atoms. The zero-order valence-electron chi connectivity index (χ0n) is 35.9. The minimum atomic E-state index is -2.35. The largest absolute Gasteiger partial charge is 0.392 e. The highest BCUT2D eigenvalue weighted by Gasteiger charge is 2.55. The Morgan fingerprint density at radius 3 is 2.33 bits per heavy atom. The van der Waals surface area contributed by atoms with E-state index in [0.29, 0.717) is 64.3 Å². The predicted molar refractivity (Wildman–Crippen MR) is 217 cm³/mol. The number of carbonyl (C=O) groups excluding carboxylic acids is 3. The van der Waals surface area contributed by atoms with Gasteiger partial charge in [-0.3, -0.25) is 14.4 Å². The number of hydrogen-bond acceptors (Lipinski definition) is 11. The molecule has 0 spiro atoms. The summed E-state index contributed by atoms with van der Waals surface area (Å²) in [5.74, 6) is -5.63. The first kappa shape index (κ1) is 47.4. The van der Waals surface area contributed by atoms with Gasteiger partial charge in [0, 0.05) is 58.5 Å². The molecule has 4 aliphatic rings. The van der Waals surface area contributed by atoms with Crippen molar-refractivity contribution in [2.45, 2.75) is 166 Å². The van der Waals surface area contributed by atoms with Gasteiger partial charge in [-0.15, -0.1) is 6.58 Å². The van der Waals surface area contributed by atoms with Crippen LogP contribution in [0.1, 0.15) is 112 Å². The van der Waals surface area contributed by atoms with Crippen LogP contribution in [-0.4, -0.2) is 127 Å². The molecule has 57 heavy (non-hydrogen) atoms. The molecular weight excluding hydrogens is 730 g/mol. The standard InChI is InChI=1S/C45H73NO11/c1-10-13-33-19-27(2)18-28(3)20-35(53-7)24-41-40(55-9)22-30(5)45(52,57-41)43(50)44(51)46-17-12-11-14-34(46)26-56-42(31(6)37(48)25-38(33)49)29(4)21-32-15-16-36(47)39(23-32)54-8/h10,19,21,28,30-37,39-42,47-48,52H,1,11-18,20,22-26H2,2-9H3/b27-19?,29-21+/t28-,30+,31+,32-,33+,34-,35-,36+,37-,39+,40-,41+,42+,45+/m0/s1. The second-order valence-electron chi connectivity index (χ2n) is 17.7. The summed E-state index contributed by atoms with van der Waals surface area (Å²) in [5, 5.41) is 34.2. The number of ketones is 2.